The summed E-state index contributed by atoms with van der Waals surface area (Å²) < 4.78 is 0. The summed E-state index contributed by atoms with van der Waals surface area (Å²) in [6.07, 6.45) is 0. The van der Waals surface area contributed by atoms with Crippen LogP contribution < -0.4 is 11.5 Å². The van der Waals surface area contributed by atoms with E-state index < -0.39 is 0 Å². The van der Waals surface area contributed by atoms with Crippen molar-refractivity contribution in [2.24, 2.45) is 17.4 Å². The molecule has 4 nitrogen and oxygen atoms in total. The molecule has 1 aliphatic heterocycles. The molecule has 0 spiro atoms. The smallest absolute Gasteiger partial charge is 0.236 e. The van der Waals surface area contributed by atoms with E-state index >= 15 is 0 Å². The Bertz CT molecular complexity index is 152. The van der Waals surface area contributed by atoms with Gasteiger partial charge >= 0.3 is 0 Å². The number of carbonyl (C=O) groups excluding carboxylic acids is 1. The summed E-state index contributed by atoms with van der Waals surface area (Å²) in [6, 6.07) is 0.192. The van der Waals surface area contributed by atoms with Crippen LogP contribution in [0.25, 0.3) is 0 Å². The molecule has 0 aromatic heterocycles. The number of carbonyl (C=O) groups is 1. The number of likely N-dealkylation sites (tertiary alicyclic amines) is 1. The minimum Gasteiger partial charge on any atom is -0.341 e. The van der Waals surface area contributed by atoms with E-state index in [9.17, 15) is 4.79 Å². The maximum absolute atomic E-state index is 10.9. The van der Waals surface area contributed by atoms with Crippen LogP contribution >= 0.6 is 0 Å². The second-order valence-corrected chi connectivity index (χ2v) is 3.12. The summed E-state index contributed by atoms with van der Waals surface area (Å²) in [6.45, 7) is 3.65. The standard InChI is InChI=1S/C7H15N3O/c1-5(9)6-3-10(4-6)7(11)2-8/h5-6H,2-4,8-9H2,1H3. The Hall–Kier alpha value is -0.610. The zero-order chi connectivity index (χ0) is 8.43. The predicted octanol–water partition coefficient (Wildman–Crippen LogP) is -1.25. The van der Waals surface area contributed by atoms with E-state index in [0.29, 0.717) is 5.92 Å². The summed E-state index contributed by atoms with van der Waals surface area (Å²) in [5.41, 5.74) is 10.8. The topological polar surface area (TPSA) is 72.3 Å². The van der Waals surface area contributed by atoms with Gasteiger partial charge in [-0.2, -0.15) is 0 Å². The van der Waals surface area contributed by atoms with E-state index in [0.717, 1.165) is 13.1 Å². The quantitative estimate of drug-likeness (QED) is 0.526. The third-order valence-corrected chi connectivity index (χ3v) is 2.18. The average molecular weight is 157 g/mol. The number of hydrogen-bond acceptors (Lipinski definition) is 3. The summed E-state index contributed by atoms with van der Waals surface area (Å²) in [7, 11) is 0. The second-order valence-electron chi connectivity index (χ2n) is 3.12. The number of nitrogens with zero attached hydrogens (tertiary/aromatic N) is 1. The summed E-state index contributed by atoms with van der Waals surface area (Å²) >= 11 is 0. The van der Waals surface area contributed by atoms with Crippen molar-refractivity contribution in [1.82, 2.24) is 4.90 Å². The van der Waals surface area contributed by atoms with Crippen LogP contribution in [-0.2, 0) is 4.79 Å². The molecule has 1 heterocycles. The fourth-order valence-corrected chi connectivity index (χ4v) is 1.18. The lowest BCUT2D eigenvalue weighted by Gasteiger charge is -2.41. The van der Waals surface area contributed by atoms with Crippen molar-refractivity contribution in [2.45, 2.75) is 13.0 Å². The molecule has 1 amide bonds. The molecular formula is C7H15N3O. The number of hydrogen-bond donors (Lipinski definition) is 2. The second kappa shape index (κ2) is 3.19. The van der Waals surface area contributed by atoms with E-state index in [1.807, 2.05) is 6.92 Å². The van der Waals surface area contributed by atoms with Gasteiger partial charge in [0.2, 0.25) is 5.91 Å². The molecule has 1 fully saturated rings. The molecule has 11 heavy (non-hydrogen) atoms. The fraction of sp³-hybridized carbons (Fsp3) is 0.857. The van der Waals surface area contributed by atoms with Crippen molar-refractivity contribution >= 4 is 5.91 Å². The van der Waals surface area contributed by atoms with E-state index in [-0.39, 0.29) is 18.5 Å². The number of amides is 1. The predicted molar refractivity (Wildman–Crippen MR) is 42.8 cm³/mol. The van der Waals surface area contributed by atoms with Gasteiger partial charge in [0, 0.05) is 25.0 Å². The average Bonchev–Trinajstić information content (AvgIpc) is 1.83. The van der Waals surface area contributed by atoms with Gasteiger partial charge in [-0.05, 0) is 6.92 Å². The highest BCUT2D eigenvalue weighted by atomic mass is 16.2. The monoisotopic (exact) mass is 157 g/mol. The molecule has 0 saturated carbocycles. The fourth-order valence-electron chi connectivity index (χ4n) is 1.18. The van der Waals surface area contributed by atoms with Gasteiger partial charge in [0.25, 0.3) is 0 Å². The minimum atomic E-state index is 0.0295. The molecule has 64 valence electrons. The Labute approximate surface area is 66.5 Å². The van der Waals surface area contributed by atoms with Crippen molar-refractivity contribution in [3.8, 4) is 0 Å². The number of rotatable bonds is 2. The Balaban J connectivity index is 2.24. The zero-order valence-electron chi connectivity index (χ0n) is 6.79. The van der Waals surface area contributed by atoms with Crippen molar-refractivity contribution in [3.63, 3.8) is 0 Å². The molecule has 0 aromatic rings. The van der Waals surface area contributed by atoms with E-state index in [2.05, 4.69) is 0 Å². The van der Waals surface area contributed by atoms with Crippen molar-refractivity contribution in [2.75, 3.05) is 19.6 Å². The first-order valence-electron chi connectivity index (χ1n) is 3.88. The van der Waals surface area contributed by atoms with Crippen LogP contribution in [0.3, 0.4) is 0 Å². The summed E-state index contributed by atoms with van der Waals surface area (Å²) in [5.74, 6) is 0.507. The minimum absolute atomic E-state index is 0.0295. The van der Waals surface area contributed by atoms with E-state index in [1.165, 1.54) is 0 Å². The molecule has 1 saturated heterocycles. The third-order valence-electron chi connectivity index (χ3n) is 2.18. The maximum atomic E-state index is 10.9. The maximum Gasteiger partial charge on any atom is 0.236 e. The molecule has 1 rings (SSSR count). The van der Waals surface area contributed by atoms with Gasteiger partial charge in [-0.25, -0.2) is 0 Å². The van der Waals surface area contributed by atoms with Gasteiger partial charge in [-0.3, -0.25) is 4.79 Å². The molecule has 1 aliphatic rings. The van der Waals surface area contributed by atoms with Crippen LogP contribution in [0.15, 0.2) is 0 Å². The van der Waals surface area contributed by atoms with Gasteiger partial charge in [-0.1, -0.05) is 0 Å². The van der Waals surface area contributed by atoms with Gasteiger partial charge < -0.3 is 16.4 Å². The molecule has 1 unspecified atom stereocenters. The largest absolute Gasteiger partial charge is 0.341 e. The SMILES string of the molecule is CC(N)C1CN(C(=O)CN)C1. The Morgan fingerprint density at radius 2 is 2.27 bits per heavy atom. The van der Waals surface area contributed by atoms with E-state index in [4.69, 9.17) is 11.5 Å². The van der Waals surface area contributed by atoms with Crippen molar-refractivity contribution in [3.05, 3.63) is 0 Å². The molecule has 0 radical (unpaired) electrons. The highest BCUT2D eigenvalue weighted by Crippen LogP contribution is 2.17. The van der Waals surface area contributed by atoms with Gasteiger partial charge in [0.15, 0.2) is 0 Å². The van der Waals surface area contributed by atoms with Crippen LogP contribution in [0.5, 0.6) is 0 Å². The first-order valence-corrected chi connectivity index (χ1v) is 3.88. The summed E-state index contributed by atoms with van der Waals surface area (Å²) in [5, 5.41) is 0. The Morgan fingerprint density at radius 3 is 2.64 bits per heavy atom. The molecule has 0 aromatic carbocycles. The van der Waals surface area contributed by atoms with Crippen LogP contribution in [0.2, 0.25) is 0 Å². The van der Waals surface area contributed by atoms with Gasteiger partial charge in [-0.15, -0.1) is 0 Å². The Morgan fingerprint density at radius 1 is 1.73 bits per heavy atom. The number of nitrogens with two attached hydrogens (primary N) is 2. The summed E-state index contributed by atoms with van der Waals surface area (Å²) in [4.78, 5) is 12.7. The normalized spacial score (nSPS) is 21.2. The lowest BCUT2D eigenvalue weighted by atomic mass is 9.93. The zero-order valence-corrected chi connectivity index (χ0v) is 6.79. The highest BCUT2D eigenvalue weighted by molar-refractivity contribution is 5.78. The van der Waals surface area contributed by atoms with E-state index in [1.54, 1.807) is 4.90 Å². The molecule has 1 atom stereocenters. The molecule has 4 heteroatoms. The van der Waals surface area contributed by atoms with Gasteiger partial charge in [0.05, 0.1) is 6.54 Å². The molecule has 0 aliphatic carbocycles. The van der Waals surface area contributed by atoms with Crippen molar-refractivity contribution in [1.29, 1.82) is 0 Å². The molecule has 4 N–H and O–H groups in total. The van der Waals surface area contributed by atoms with Crippen molar-refractivity contribution < 1.29 is 4.79 Å². The lowest BCUT2D eigenvalue weighted by Crippen LogP contribution is -2.56. The van der Waals surface area contributed by atoms with Crippen LogP contribution in [0.4, 0.5) is 0 Å². The van der Waals surface area contributed by atoms with Crippen LogP contribution in [0, 0.1) is 5.92 Å². The van der Waals surface area contributed by atoms with Gasteiger partial charge in [0.1, 0.15) is 0 Å². The first-order chi connectivity index (χ1) is 5.15. The molecule has 0 bridgehead atoms. The highest BCUT2D eigenvalue weighted by Gasteiger charge is 2.31. The first kappa shape index (κ1) is 8.49. The Kier molecular flexibility index (Phi) is 2.46. The third kappa shape index (κ3) is 1.70. The lowest BCUT2D eigenvalue weighted by molar-refractivity contribution is -0.136. The van der Waals surface area contributed by atoms with Crippen LogP contribution in [0.1, 0.15) is 6.92 Å². The molecular weight excluding hydrogens is 142 g/mol. The van der Waals surface area contributed by atoms with Crippen LogP contribution in [-0.4, -0.2) is 36.5 Å².